The standard InChI is InChI=1S/C34H32N4O4/c1-18-28(35-20(3)30(18)34(42)38-29-16-22-11-7-8-12-24(22)31(29)39)17-26-25-15-23(13-14-27(25)37-33(26)41)32(40)36-19(2)21-9-5-4-6-10-21/h4-15,17,19,29,31,35,39H,16H2,1-3H3,(H,36,40)(H,37,41)(H,38,42)/b26-17-. The van der Waals surface area contributed by atoms with Crippen LogP contribution in [0, 0.1) is 13.8 Å². The number of aromatic nitrogens is 1. The van der Waals surface area contributed by atoms with Crippen LogP contribution in [0.5, 0.6) is 0 Å². The van der Waals surface area contributed by atoms with Gasteiger partial charge in [0.25, 0.3) is 17.7 Å². The van der Waals surface area contributed by atoms with Crippen molar-refractivity contribution in [3.8, 4) is 0 Å². The summed E-state index contributed by atoms with van der Waals surface area (Å²) in [5.74, 6) is -0.815. The quantitative estimate of drug-likeness (QED) is 0.213. The van der Waals surface area contributed by atoms with Gasteiger partial charge in [0.1, 0.15) is 0 Å². The number of anilines is 1. The SMILES string of the molecule is Cc1[nH]c(/C=C2\C(=O)Nc3ccc(C(=O)NC(C)c4ccccc4)cc32)c(C)c1C(=O)NC1Cc2ccccc2C1O. The van der Waals surface area contributed by atoms with E-state index in [1.165, 1.54) is 0 Å². The fourth-order valence-electron chi connectivity index (χ4n) is 5.93. The number of rotatable bonds is 6. The molecule has 0 bridgehead atoms. The molecule has 42 heavy (non-hydrogen) atoms. The second kappa shape index (κ2) is 10.8. The summed E-state index contributed by atoms with van der Waals surface area (Å²) in [5, 5.41) is 19.6. The van der Waals surface area contributed by atoms with Gasteiger partial charge in [-0.15, -0.1) is 0 Å². The number of amides is 3. The first kappa shape index (κ1) is 27.2. The summed E-state index contributed by atoms with van der Waals surface area (Å²) in [7, 11) is 0. The van der Waals surface area contributed by atoms with Crippen molar-refractivity contribution < 1.29 is 19.5 Å². The lowest BCUT2D eigenvalue weighted by molar-refractivity contribution is -0.110. The predicted molar refractivity (Wildman–Crippen MR) is 162 cm³/mol. The summed E-state index contributed by atoms with van der Waals surface area (Å²) in [4.78, 5) is 42.7. The normalized spacial score (nSPS) is 18.8. The van der Waals surface area contributed by atoms with E-state index in [0.717, 1.165) is 16.7 Å². The van der Waals surface area contributed by atoms with Crippen molar-refractivity contribution in [1.82, 2.24) is 15.6 Å². The molecule has 0 spiro atoms. The molecule has 0 saturated carbocycles. The number of carbonyl (C=O) groups excluding carboxylic acids is 3. The van der Waals surface area contributed by atoms with Crippen LogP contribution in [-0.4, -0.2) is 33.9 Å². The molecule has 8 heteroatoms. The van der Waals surface area contributed by atoms with Crippen molar-refractivity contribution in [3.05, 3.63) is 123 Å². The number of aryl methyl sites for hydroxylation is 1. The summed E-state index contributed by atoms with van der Waals surface area (Å²) in [6, 6.07) is 21.9. The Balaban J connectivity index is 1.24. The molecule has 5 N–H and O–H groups in total. The summed E-state index contributed by atoms with van der Waals surface area (Å²) in [6.07, 6.45) is 1.50. The van der Waals surface area contributed by atoms with Crippen molar-refractivity contribution in [2.24, 2.45) is 0 Å². The predicted octanol–water partition coefficient (Wildman–Crippen LogP) is 5.00. The van der Waals surface area contributed by atoms with Gasteiger partial charge in [-0.2, -0.15) is 0 Å². The van der Waals surface area contributed by atoms with Crippen molar-refractivity contribution in [2.75, 3.05) is 5.32 Å². The van der Waals surface area contributed by atoms with Crippen LogP contribution >= 0.6 is 0 Å². The van der Waals surface area contributed by atoms with E-state index in [9.17, 15) is 19.5 Å². The lowest BCUT2D eigenvalue weighted by Crippen LogP contribution is -2.38. The van der Waals surface area contributed by atoms with Gasteiger partial charge < -0.3 is 26.0 Å². The van der Waals surface area contributed by atoms with E-state index < -0.39 is 12.1 Å². The highest BCUT2D eigenvalue weighted by Crippen LogP contribution is 2.35. The zero-order chi connectivity index (χ0) is 29.5. The molecule has 3 atom stereocenters. The molecule has 2 heterocycles. The van der Waals surface area contributed by atoms with Gasteiger partial charge in [0.15, 0.2) is 0 Å². The minimum absolute atomic E-state index is 0.185. The highest BCUT2D eigenvalue weighted by Gasteiger charge is 2.33. The minimum Gasteiger partial charge on any atom is -0.386 e. The molecular weight excluding hydrogens is 528 g/mol. The molecule has 8 nitrogen and oxygen atoms in total. The maximum absolute atomic E-state index is 13.4. The largest absolute Gasteiger partial charge is 0.386 e. The molecule has 1 aliphatic carbocycles. The van der Waals surface area contributed by atoms with Crippen LogP contribution in [0.3, 0.4) is 0 Å². The van der Waals surface area contributed by atoms with Gasteiger partial charge in [-0.3, -0.25) is 14.4 Å². The zero-order valence-corrected chi connectivity index (χ0v) is 23.6. The highest BCUT2D eigenvalue weighted by molar-refractivity contribution is 6.35. The second-order valence-corrected chi connectivity index (χ2v) is 11.0. The molecule has 0 radical (unpaired) electrons. The van der Waals surface area contributed by atoms with E-state index >= 15 is 0 Å². The molecule has 3 unspecified atom stereocenters. The van der Waals surface area contributed by atoms with Crippen LogP contribution in [-0.2, 0) is 11.2 Å². The minimum atomic E-state index is -0.771. The Hall–Kier alpha value is -4.95. The van der Waals surface area contributed by atoms with Crippen LogP contribution < -0.4 is 16.0 Å². The molecule has 3 aromatic carbocycles. The number of aliphatic hydroxyl groups is 1. The molecule has 0 saturated heterocycles. The number of carbonyl (C=O) groups is 3. The van der Waals surface area contributed by atoms with Crippen LogP contribution in [0.4, 0.5) is 5.69 Å². The van der Waals surface area contributed by atoms with E-state index in [0.29, 0.717) is 51.3 Å². The Morgan fingerprint density at radius 3 is 2.50 bits per heavy atom. The van der Waals surface area contributed by atoms with E-state index in [1.54, 1.807) is 24.3 Å². The van der Waals surface area contributed by atoms with Gasteiger partial charge in [-0.05, 0) is 73.7 Å². The Bertz CT molecular complexity index is 1750. The average Bonchev–Trinajstić information content (AvgIpc) is 3.58. The number of H-pyrrole nitrogens is 1. The molecule has 1 aliphatic heterocycles. The number of aromatic amines is 1. The van der Waals surface area contributed by atoms with Crippen LogP contribution in [0.15, 0.2) is 72.8 Å². The topological polar surface area (TPSA) is 123 Å². The molecule has 6 rings (SSSR count). The van der Waals surface area contributed by atoms with Crippen molar-refractivity contribution in [2.45, 2.75) is 45.4 Å². The summed E-state index contributed by atoms with van der Waals surface area (Å²) >= 11 is 0. The van der Waals surface area contributed by atoms with Crippen LogP contribution in [0.2, 0.25) is 0 Å². The number of nitrogens with one attached hydrogen (secondary N) is 4. The van der Waals surface area contributed by atoms with Crippen molar-refractivity contribution in [1.29, 1.82) is 0 Å². The first-order valence-electron chi connectivity index (χ1n) is 14.0. The third-order valence-corrected chi connectivity index (χ3v) is 8.22. The van der Waals surface area contributed by atoms with Gasteiger partial charge in [-0.25, -0.2) is 0 Å². The maximum atomic E-state index is 13.4. The monoisotopic (exact) mass is 560 g/mol. The molecule has 2 aliphatic rings. The number of hydrogen-bond acceptors (Lipinski definition) is 4. The molecule has 212 valence electrons. The molecular formula is C34H32N4O4. The molecule has 3 amide bonds. The van der Waals surface area contributed by atoms with Crippen molar-refractivity contribution in [3.63, 3.8) is 0 Å². The highest BCUT2D eigenvalue weighted by atomic mass is 16.3. The van der Waals surface area contributed by atoms with Crippen molar-refractivity contribution >= 4 is 35.1 Å². The third kappa shape index (κ3) is 4.90. The Morgan fingerprint density at radius 1 is 1.00 bits per heavy atom. The number of hydrogen-bond donors (Lipinski definition) is 5. The van der Waals surface area contributed by atoms with Crippen LogP contribution in [0.25, 0.3) is 11.6 Å². The van der Waals surface area contributed by atoms with E-state index in [4.69, 9.17) is 0 Å². The Morgan fingerprint density at radius 2 is 1.74 bits per heavy atom. The molecule has 0 fully saturated rings. The van der Waals surface area contributed by atoms with Gasteiger partial charge in [0.05, 0.1) is 29.3 Å². The number of benzene rings is 3. The molecule has 1 aromatic heterocycles. The summed E-state index contributed by atoms with van der Waals surface area (Å²) in [5.41, 5.74) is 7.37. The summed E-state index contributed by atoms with van der Waals surface area (Å²) < 4.78 is 0. The Labute approximate surface area is 243 Å². The van der Waals surface area contributed by atoms with E-state index in [-0.39, 0.29) is 23.8 Å². The van der Waals surface area contributed by atoms with Gasteiger partial charge in [0.2, 0.25) is 0 Å². The van der Waals surface area contributed by atoms with E-state index in [1.807, 2.05) is 75.4 Å². The number of fused-ring (bicyclic) bond motifs is 2. The van der Waals surface area contributed by atoms with Gasteiger partial charge >= 0.3 is 0 Å². The lowest BCUT2D eigenvalue weighted by atomic mass is 10.0. The van der Waals surface area contributed by atoms with Gasteiger partial charge in [0, 0.05) is 28.2 Å². The third-order valence-electron chi connectivity index (χ3n) is 8.22. The first-order valence-corrected chi connectivity index (χ1v) is 14.0. The van der Waals surface area contributed by atoms with E-state index in [2.05, 4.69) is 20.9 Å². The van der Waals surface area contributed by atoms with Gasteiger partial charge in [-0.1, -0.05) is 54.6 Å². The average molecular weight is 561 g/mol. The lowest BCUT2D eigenvalue weighted by Gasteiger charge is -2.17. The number of aliphatic hydroxyl groups excluding tert-OH is 1. The summed E-state index contributed by atoms with van der Waals surface area (Å²) in [6.45, 7) is 5.56. The van der Waals surface area contributed by atoms with Crippen LogP contribution in [0.1, 0.15) is 79.0 Å². The maximum Gasteiger partial charge on any atom is 0.256 e. The zero-order valence-electron chi connectivity index (χ0n) is 23.6. The fraction of sp³-hybridized carbons (Fsp3) is 0.206. The molecule has 4 aromatic rings. The first-order chi connectivity index (χ1) is 20.2. The smallest absolute Gasteiger partial charge is 0.256 e. The fourth-order valence-corrected chi connectivity index (χ4v) is 5.93. The second-order valence-electron chi connectivity index (χ2n) is 11.0. The Kier molecular flexibility index (Phi) is 7.00.